The third kappa shape index (κ3) is 4.49. The van der Waals surface area contributed by atoms with Gasteiger partial charge < -0.3 is 11.1 Å². The monoisotopic (exact) mass is 437 g/mol. The Bertz CT molecular complexity index is 1100. The summed E-state index contributed by atoms with van der Waals surface area (Å²) in [7, 11) is -3.98. The first kappa shape index (κ1) is 21.8. The molecule has 1 saturated heterocycles. The van der Waals surface area contributed by atoms with E-state index in [-0.39, 0.29) is 36.7 Å². The molecule has 2 aromatic carbocycles. The molecule has 2 aromatic rings. The van der Waals surface area contributed by atoms with Crippen LogP contribution >= 0.6 is 0 Å². The van der Waals surface area contributed by atoms with E-state index in [1.54, 1.807) is 19.1 Å². The van der Waals surface area contributed by atoms with Crippen LogP contribution in [0.25, 0.3) is 0 Å². The van der Waals surface area contributed by atoms with Crippen LogP contribution in [0.15, 0.2) is 41.3 Å². The predicted octanol–water partition coefficient (Wildman–Crippen LogP) is 2.41. The highest BCUT2D eigenvalue weighted by atomic mass is 32.2. The van der Waals surface area contributed by atoms with Crippen molar-refractivity contribution < 1.29 is 26.8 Å². The SMILES string of the molecule is Cc1cc(NC(=O)C2CCN(S(=O)(=O)c3ccc(F)c(F)c3)CC2)ccc1C(N)=O. The molecule has 0 atom stereocenters. The van der Waals surface area contributed by atoms with Crippen LogP contribution in [0.4, 0.5) is 14.5 Å². The van der Waals surface area contributed by atoms with Gasteiger partial charge in [-0.3, -0.25) is 9.59 Å². The average molecular weight is 437 g/mol. The molecule has 3 N–H and O–H groups in total. The molecule has 7 nitrogen and oxygen atoms in total. The lowest BCUT2D eigenvalue weighted by Crippen LogP contribution is -2.41. The highest BCUT2D eigenvalue weighted by Crippen LogP contribution is 2.26. The van der Waals surface area contributed by atoms with Gasteiger partial charge in [0.05, 0.1) is 4.90 Å². The minimum Gasteiger partial charge on any atom is -0.366 e. The zero-order valence-electron chi connectivity index (χ0n) is 16.2. The maximum Gasteiger partial charge on any atom is 0.248 e. The number of anilines is 1. The molecule has 0 unspecified atom stereocenters. The second-order valence-electron chi connectivity index (χ2n) is 7.14. The quantitative estimate of drug-likeness (QED) is 0.749. The van der Waals surface area contributed by atoms with E-state index in [4.69, 9.17) is 5.73 Å². The largest absolute Gasteiger partial charge is 0.366 e. The van der Waals surface area contributed by atoms with Gasteiger partial charge in [-0.15, -0.1) is 0 Å². The van der Waals surface area contributed by atoms with E-state index in [0.29, 0.717) is 22.9 Å². The summed E-state index contributed by atoms with van der Waals surface area (Å²) in [6.45, 7) is 1.87. The van der Waals surface area contributed by atoms with Gasteiger partial charge in [-0.25, -0.2) is 17.2 Å². The summed E-state index contributed by atoms with van der Waals surface area (Å²) < 4.78 is 52.9. The zero-order chi connectivity index (χ0) is 22.1. The number of nitrogens with two attached hydrogens (primary N) is 1. The Kier molecular flexibility index (Phi) is 6.18. The molecule has 0 aliphatic carbocycles. The molecule has 0 bridgehead atoms. The number of benzene rings is 2. The van der Waals surface area contributed by atoms with Gasteiger partial charge in [0.1, 0.15) is 0 Å². The molecule has 1 aliphatic rings. The molecule has 1 aliphatic heterocycles. The molecule has 0 aromatic heterocycles. The smallest absolute Gasteiger partial charge is 0.248 e. The highest BCUT2D eigenvalue weighted by Gasteiger charge is 2.32. The first-order chi connectivity index (χ1) is 14.1. The van der Waals surface area contributed by atoms with Crippen molar-refractivity contribution in [1.82, 2.24) is 4.31 Å². The van der Waals surface area contributed by atoms with Crippen LogP contribution in [0, 0.1) is 24.5 Å². The number of halogens is 2. The van der Waals surface area contributed by atoms with Crippen molar-refractivity contribution in [3.63, 3.8) is 0 Å². The Balaban J connectivity index is 1.63. The van der Waals surface area contributed by atoms with Crippen LogP contribution in [0.3, 0.4) is 0 Å². The Morgan fingerprint density at radius 1 is 1.07 bits per heavy atom. The number of rotatable bonds is 5. The molecule has 1 fully saturated rings. The van der Waals surface area contributed by atoms with E-state index in [9.17, 15) is 26.8 Å². The molecule has 1 heterocycles. The van der Waals surface area contributed by atoms with E-state index in [0.717, 1.165) is 16.4 Å². The molecule has 0 spiro atoms. The van der Waals surface area contributed by atoms with Crippen molar-refractivity contribution in [3.05, 3.63) is 59.2 Å². The van der Waals surface area contributed by atoms with Gasteiger partial charge in [0.25, 0.3) is 0 Å². The number of primary amides is 1. The van der Waals surface area contributed by atoms with Gasteiger partial charge in [-0.1, -0.05) is 0 Å². The number of carbonyl (C=O) groups excluding carboxylic acids is 2. The maximum atomic E-state index is 13.4. The molecule has 0 saturated carbocycles. The lowest BCUT2D eigenvalue weighted by molar-refractivity contribution is -0.120. The Labute approximate surface area is 172 Å². The number of amides is 2. The molecular formula is C20H21F2N3O4S. The number of nitrogens with one attached hydrogen (secondary N) is 1. The van der Waals surface area contributed by atoms with Gasteiger partial charge >= 0.3 is 0 Å². The summed E-state index contributed by atoms with van der Waals surface area (Å²) >= 11 is 0. The van der Waals surface area contributed by atoms with Crippen molar-refractivity contribution >= 4 is 27.5 Å². The van der Waals surface area contributed by atoms with Gasteiger partial charge in [0, 0.05) is 30.3 Å². The Hall–Kier alpha value is -2.85. The first-order valence-electron chi connectivity index (χ1n) is 9.26. The average Bonchev–Trinajstić information content (AvgIpc) is 2.69. The van der Waals surface area contributed by atoms with Crippen molar-refractivity contribution in [2.75, 3.05) is 18.4 Å². The molecule has 2 amide bonds. The summed E-state index contributed by atoms with van der Waals surface area (Å²) in [6, 6.07) is 7.19. The van der Waals surface area contributed by atoms with Gasteiger partial charge in [0.2, 0.25) is 21.8 Å². The summed E-state index contributed by atoms with van der Waals surface area (Å²) in [5.41, 5.74) is 6.78. The molecule has 3 rings (SSSR count). The highest BCUT2D eigenvalue weighted by molar-refractivity contribution is 7.89. The van der Waals surface area contributed by atoms with Crippen LogP contribution in [-0.2, 0) is 14.8 Å². The summed E-state index contributed by atoms with van der Waals surface area (Å²) in [5.74, 6) is -3.57. The number of aryl methyl sites for hydroxylation is 1. The number of piperidine rings is 1. The predicted molar refractivity (Wildman–Crippen MR) is 106 cm³/mol. The van der Waals surface area contributed by atoms with Crippen molar-refractivity contribution in [3.8, 4) is 0 Å². The number of hydrogen-bond donors (Lipinski definition) is 2. The Morgan fingerprint density at radius 2 is 1.73 bits per heavy atom. The Morgan fingerprint density at radius 3 is 2.30 bits per heavy atom. The minimum atomic E-state index is -3.98. The third-order valence-electron chi connectivity index (χ3n) is 5.11. The second kappa shape index (κ2) is 8.49. The minimum absolute atomic E-state index is 0.0824. The lowest BCUT2D eigenvalue weighted by Gasteiger charge is -2.30. The van der Waals surface area contributed by atoms with Crippen LogP contribution in [-0.4, -0.2) is 37.6 Å². The fourth-order valence-electron chi connectivity index (χ4n) is 3.41. The number of carbonyl (C=O) groups is 2. The van der Waals surface area contributed by atoms with Crippen LogP contribution in [0.1, 0.15) is 28.8 Å². The van der Waals surface area contributed by atoms with Crippen molar-refractivity contribution in [2.45, 2.75) is 24.7 Å². The molecule has 30 heavy (non-hydrogen) atoms. The zero-order valence-corrected chi connectivity index (χ0v) is 17.0. The molecular weight excluding hydrogens is 416 g/mol. The maximum absolute atomic E-state index is 13.4. The molecule has 10 heteroatoms. The van der Waals surface area contributed by atoms with Crippen molar-refractivity contribution in [1.29, 1.82) is 0 Å². The number of sulfonamides is 1. The first-order valence-corrected chi connectivity index (χ1v) is 10.7. The standard InChI is InChI=1S/C20H21F2N3O4S/c1-12-10-14(2-4-16(12)19(23)26)24-20(27)13-6-8-25(9-7-13)30(28,29)15-3-5-17(21)18(22)11-15/h2-5,10-11,13H,6-9H2,1H3,(H2,23,26)(H,24,27). The fourth-order valence-corrected chi connectivity index (χ4v) is 4.89. The molecule has 0 radical (unpaired) electrons. The topological polar surface area (TPSA) is 110 Å². The number of hydrogen-bond acceptors (Lipinski definition) is 4. The summed E-state index contributed by atoms with van der Waals surface area (Å²) in [4.78, 5) is 23.5. The van der Waals surface area contributed by atoms with Crippen molar-refractivity contribution in [2.24, 2.45) is 11.7 Å². The van der Waals surface area contributed by atoms with Gasteiger partial charge in [-0.05, 0) is 61.7 Å². The van der Waals surface area contributed by atoms with E-state index < -0.39 is 33.5 Å². The summed E-state index contributed by atoms with van der Waals surface area (Å²) in [5, 5.41) is 2.77. The van der Waals surface area contributed by atoms with E-state index >= 15 is 0 Å². The lowest BCUT2D eigenvalue weighted by atomic mass is 9.97. The van der Waals surface area contributed by atoms with Crippen LogP contribution < -0.4 is 11.1 Å². The van der Waals surface area contributed by atoms with E-state index in [2.05, 4.69) is 5.32 Å². The second-order valence-corrected chi connectivity index (χ2v) is 9.08. The van der Waals surface area contributed by atoms with E-state index in [1.807, 2.05) is 0 Å². The summed E-state index contributed by atoms with van der Waals surface area (Å²) in [6.07, 6.45) is 0.570. The normalized spacial score (nSPS) is 15.7. The van der Waals surface area contributed by atoms with Crippen LogP contribution in [0.2, 0.25) is 0 Å². The van der Waals surface area contributed by atoms with Crippen LogP contribution in [0.5, 0.6) is 0 Å². The van der Waals surface area contributed by atoms with Gasteiger partial charge in [-0.2, -0.15) is 4.31 Å². The van der Waals surface area contributed by atoms with E-state index in [1.165, 1.54) is 6.07 Å². The molecule has 160 valence electrons. The third-order valence-corrected chi connectivity index (χ3v) is 7.01. The fraction of sp³-hybridized carbons (Fsp3) is 0.300. The van der Waals surface area contributed by atoms with Gasteiger partial charge in [0.15, 0.2) is 11.6 Å². The number of nitrogens with zero attached hydrogens (tertiary/aromatic N) is 1.